The van der Waals surface area contributed by atoms with Crippen molar-refractivity contribution in [2.45, 2.75) is 45.6 Å². The third-order valence-electron chi connectivity index (χ3n) is 5.43. The van der Waals surface area contributed by atoms with Gasteiger partial charge in [0.2, 0.25) is 0 Å². The third kappa shape index (κ3) is 4.82. The molecule has 0 bridgehead atoms. The van der Waals surface area contributed by atoms with Gasteiger partial charge >= 0.3 is 6.09 Å². The van der Waals surface area contributed by atoms with Crippen LogP contribution in [-0.4, -0.2) is 18.7 Å². The minimum atomic E-state index is -0.397. The average molecular weight is 386 g/mol. The van der Waals surface area contributed by atoms with Gasteiger partial charge in [-0.2, -0.15) is 0 Å². The molecule has 1 N–H and O–H groups in total. The molecule has 0 aliphatic heterocycles. The summed E-state index contributed by atoms with van der Waals surface area (Å²) < 4.78 is 5.67. The van der Waals surface area contributed by atoms with E-state index in [2.05, 4.69) is 60.2 Å². The van der Waals surface area contributed by atoms with Crippen LogP contribution in [0.2, 0.25) is 0 Å². The summed E-state index contributed by atoms with van der Waals surface area (Å²) in [4.78, 5) is 12.6. The molecule has 3 heteroatoms. The summed E-state index contributed by atoms with van der Waals surface area (Å²) in [6, 6.07) is 16.6. The largest absolute Gasteiger partial charge is 0.449 e. The first-order chi connectivity index (χ1) is 14.2. The van der Waals surface area contributed by atoms with E-state index in [9.17, 15) is 4.79 Å². The molecule has 1 amide bonds. The van der Waals surface area contributed by atoms with Crippen molar-refractivity contribution in [3.05, 3.63) is 59.7 Å². The second-order valence-electron chi connectivity index (χ2n) is 7.32. The van der Waals surface area contributed by atoms with E-state index in [0.29, 0.717) is 13.0 Å². The summed E-state index contributed by atoms with van der Waals surface area (Å²) in [5.74, 6) is 12.2. The predicted molar refractivity (Wildman–Crippen MR) is 117 cm³/mol. The van der Waals surface area contributed by atoms with Gasteiger partial charge in [0.15, 0.2) is 0 Å². The van der Waals surface area contributed by atoms with Gasteiger partial charge in [0.1, 0.15) is 6.61 Å². The molecule has 2 atom stereocenters. The highest BCUT2D eigenvalue weighted by molar-refractivity contribution is 5.79. The van der Waals surface area contributed by atoms with Crippen LogP contribution >= 0.6 is 0 Å². The topological polar surface area (TPSA) is 38.3 Å². The lowest BCUT2D eigenvalue weighted by molar-refractivity contribution is 0.136. The molecule has 29 heavy (non-hydrogen) atoms. The van der Waals surface area contributed by atoms with Crippen molar-refractivity contribution in [2.75, 3.05) is 6.61 Å². The first kappa shape index (κ1) is 20.6. The minimum absolute atomic E-state index is 0.0606. The van der Waals surface area contributed by atoms with Gasteiger partial charge in [-0.15, -0.1) is 23.7 Å². The fourth-order valence-electron chi connectivity index (χ4n) is 3.80. The van der Waals surface area contributed by atoms with Crippen LogP contribution in [0.15, 0.2) is 48.5 Å². The summed E-state index contributed by atoms with van der Waals surface area (Å²) in [5.41, 5.74) is 4.86. The monoisotopic (exact) mass is 385 g/mol. The van der Waals surface area contributed by atoms with Crippen molar-refractivity contribution < 1.29 is 9.53 Å². The van der Waals surface area contributed by atoms with Crippen LogP contribution < -0.4 is 5.32 Å². The van der Waals surface area contributed by atoms with Gasteiger partial charge in [-0.1, -0.05) is 55.5 Å². The zero-order valence-electron chi connectivity index (χ0n) is 17.3. The highest BCUT2D eigenvalue weighted by atomic mass is 16.5. The number of hydrogen-bond acceptors (Lipinski definition) is 2. The lowest BCUT2D eigenvalue weighted by Crippen LogP contribution is -2.40. The van der Waals surface area contributed by atoms with Crippen LogP contribution in [-0.2, 0) is 4.74 Å². The molecule has 0 heterocycles. The molecule has 2 aromatic rings. The number of benzene rings is 2. The van der Waals surface area contributed by atoms with Crippen LogP contribution in [0.3, 0.4) is 0 Å². The van der Waals surface area contributed by atoms with E-state index < -0.39 is 6.09 Å². The van der Waals surface area contributed by atoms with Gasteiger partial charge in [-0.05, 0) is 42.0 Å². The molecule has 0 saturated carbocycles. The van der Waals surface area contributed by atoms with Gasteiger partial charge < -0.3 is 10.1 Å². The van der Waals surface area contributed by atoms with Crippen LogP contribution in [0.25, 0.3) is 11.1 Å². The van der Waals surface area contributed by atoms with Gasteiger partial charge in [-0.25, -0.2) is 4.79 Å². The number of amides is 1. The van der Waals surface area contributed by atoms with Gasteiger partial charge in [0.25, 0.3) is 0 Å². The number of carbonyl (C=O) groups excluding carboxylic acids is 1. The van der Waals surface area contributed by atoms with E-state index in [0.717, 1.165) is 6.42 Å². The van der Waals surface area contributed by atoms with Crippen molar-refractivity contribution in [1.82, 2.24) is 5.32 Å². The molecule has 1 aliphatic rings. The Morgan fingerprint density at radius 2 is 1.52 bits per heavy atom. The number of carbonyl (C=O) groups is 1. The van der Waals surface area contributed by atoms with E-state index in [4.69, 9.17) is 4.74 Å². The maximum Gasteiger partial charge on any atom is 0.407 e. The maximum absolute atomic E-state index is 12.6. The van der Waals surface area contributed by atoms with Crippen molar-refractivity contribution in [2.24, 2.45) is 5.92 Å². The molecule has 2 aromatic carbocycles. The fourth-order valence-corrected chi connectivity index (χ4v) is 3.80. The van der Waals surface area contributed by atoms with Crippen LogP contribution in [0.5, 0.6) is 0 Å². The Hall–Kier alpha value is -3.17. The molecule has 3 rings (SSSR count). The maximum atomic E-state index is 12.6. The van der Waals surface area contributed by atoms with Crippen molar-refractivity contribution in [3.63, 3.8) is 0 Å². The lowest BCUT2D eigenvalue weighted by Gasteiger charge is -2.22. The second kappa shape index (κ2) is 9.85. The number of rotatable bonds is 6. The molecule has 0 spiro atoms. The van der Waals surface area contributed by atoms with Gasteiger partial charge in [0.05, 0.1) is 0 Å². The van der Waals surface area contributed by atoms with E-state index in [1.165, 1.54) is 22.3 Å². The van der Waals surface area contributed by atoms with E-state index in [1.807, 2.05) is 31.2 Å². The third-order valence-corrected chi connectivity index (χ3v) is 5.43. The predicted octanol–water partition coefficient (Wildman–Crippen LogP) is 5.36. The Kier molecular flexibility index (Phi) is 6.99. The number of nitrogens with one attached hydrogen (secondary N) is 1. The highest BCUT2D eigenvalue weighted by Crippen LogP contribution is 2.44. The van der Waals surface area contributed by atoms with Gasteiger partial charge in [-0.3, -0.25) is 0 Å². The smallest absolute Gasteiger partial charge is 0.407 e. The zero-order chi connectivity index (χ0) is 20.6. The molecular formula is C26H27NO2. The Bertz CT molecular complexity index is 941. The zero-order valence-corrected chi connectivity index (χ0v) is 17.3. The van der Waals surface area contributed by atoms with Crippen molar-refractivity contribution in [1.29, 1.82) is 0 Å². The molecule has 0 saturated heterocycles. The van der Waals surface area contributed by atoms with Crippen molar-refractivity contribution in [3.8, 4) is 34.8 Å². The molecular weight excluding hydrogens is 358 g/mol. The first-order valence-corrected chi connectivity index (χ1v) is 10.1. The number of alkyl carbamates (subject to hydrolysis) is 1. The molecule has 0 fully saturated rings. The molecule has 1 aliphatic carbocycles. The van der Waals surface area contributed by atoms with E-state index in [-0.39, 0.29) is 17.9 Å². The Balaban J connectivity index is 1.67. The summed E-state index contributed by atoms with van der Waals surface area (Å²) in [7, 11) is 0. The Morgan fingerprint density at radius 1 is 0.966 bits per heavy atom. The number of ether oxygens (including phenoxy) is 1. The quantitative estimate of drug-likeness (QED) is 0.680. The second-order valence-corrected chi connectivity index (χ2v) is 7.32. The Labute approximate surface area is 173 Å². The lowest BCUT2D eigenvalue weighted by atomic mass is 9.96. The molecule has 148 valence electrons. The van der Waals surface area contributed by atoms with Crippen LogP contribution in [0, 0.1) is 29.6 Å². The summed E-state index contributed by atoms with van der Waals surface area (Å²) >= 11 is 0. The summed E-state index contributed by atoms with van der Waals surface area (Å²) in [6.45, 7) is 6.03. The van der Waals surface area contributed by atoms with Crippen LogP contribution in [0.4, 0.5) is 4.79 Å². The molecule has 0 radical (unpaired) electrons. The molecule has 2 unspecified atom stereocenters. The number of fused-ring (bicyclic) bond motifs is 3. The highest BCUT2D eigenvalue weighted by Gasteiger charge is 2.29. The summed E-state index contributed by atoms with van der Waals surface area (Å²) in [5, 5.41) is 3.00. The normalized spacial score (nSPS) is 13.6. The Morgan fingerprint density at radius 3 is 2.10 bits per heavy atom. The molecule has 3 nitrogen and oxygen atoms in total. The first-order valence-electron chi connectivity index (χ1n) is 10.1. The fraction of sp³-hybridized carbons (Fsp3) is 0.346. The summed E-state index contributed by atoms with van der Waals surface area (Å²) in [6.07, 6.45) is 0.912. The number of hydrogen-bond donors (Lipinski definition) is 1. The van der Waals surface area contributed by atoms with Crippen LogP contribution in [0.1, 0.15) is 50.7 Å². The SMILES string of the molecule is CC#CCC(C)C(CC#CC)NC(=O)OCC1c2ccccc2-c2ccccc21. The van der Waals surface area contributed by atoms with E-state index in [1.54, 1.807) is 6.92 Å². The standard InChI is InChI=1S/C26H27NO2/c1-4-6-12-19(3)25(17-7-5-2)27-26(28)29-18-24-22-15-10-8-13-20(22)21-14-9-11-16-23(21)24/h8-11,13-16,19,24-25H,12,17-18H2,1-3H3,(H,27,28). The average Bonchev–Trinajstić information content (AvgIpc) is 3.07. The van der Waals surface area contributed by atoms with E-state index >= 15 is 0 Å². The molecule has 0 aromatic heterocycles. The minimum Gasteiger partial charge on any atom is -0.449 e. The van der Waals surface area contributed by atoms with Crippen molar-refractivity contribution >= 4 is 6.09 Å². The van der Waals surface area contributed by atoms with Gasteiger partial charge in [0, 0.05) is 24.8 Å².